The lowest BCUT2D eigenvalue weighted by atomic mass is 9.97. The minimum Gasteiger partial charge on any atom is -0.496 e. The monoisotopic (exact) mass is 226 g/mol. The van der Waals surface area contributed by atoms with E-state index in [4.69, 9.17) is 16.3 Å². The fraction of sp³-hybridized carbons (Fsp3) is 0.500. The Morgan fingerprint density at radius 2 is 2.27 bits per heavy atom. The Balaban J connectivity index is 2.27. The van der Waals surface area contributed by atoms with E-state index in [-0.39, 0.29) is 0 Å². The van der Waals surface area contributed by atoms with Gasteiger partial charge in [0.05, 0.1) is 19.2 Å². The average molecular weight is 227 g/mol. The molecule has 0 bridgehead atoms. The molecular weight excluding hydrogens is 210 g/mol. The van der Waals surface area contributed by atoms with E-state index in [9.17, 15) is 0 Å². The number of ether oxygens (including phenoxy) is 1. The summed E-state index contributed by atoms with van der Waals surface area (Å²) in [4.78, 5) is 0. The smallest absolute Gasteiger partial charge is 0.128 e. The van der Waals surface area contributed by atoms with Crippen LogP contribution in [-0.4, -0.2) is 13.7 Å². The van der Waals surface area contributed by atoms with Gasteiger partial charge in [-0.25, -0.2) is 0 Å². The van der Waals surface area contributed by atoms with Crippen molar-refractivity contribution < 1.29 is 10.1 Å². The average Bonchev–Trinajstić information content (AvgIpc) is 2.30. The SMILES string of the molecule is COc1ccc(Cl)cc1[C@@H]1CCCC[NH2+]1. The summed E-state index contributed by atoms with van der Waals surface area (Å²) >= 11 is 6.02. The van der Waals surface area contributed by atoms with Crippen LogP contribution < -0.4 is 10.1 Å². The number of piperidine rings is 1. The fourth-order valence-corrected chi connectivity index (χ4v) is 2.40. The van der Waals surface area contributed by atoms with Crippen LogP contribution in [0.2, 0.25) is 5.02 Å². The molecule has 15 heavy (non-hydrogen) atoms. The Morgan fingerprint density at radius 3 is 2.93 bits per heavy atom. The molecule has 1 aliphatic heterocycles. The highest BCUT2D eigenvalue weighted by Gasteiger charge is 2.22. The van der Waals surface area contributed by atoms with Gasteiger partial charge in [0.2, 0.25) is 0 Å². The summed E-state index contributed by atoms with van der Waals surface area (Å²) in [5.74, 6) is 0.961. The third kappa shape index (κ3) is 2.44. The van der Waals surface area contributed by atoms with Crippen molar-refractivity contribution in [2.45, 2.75) is 25.3 Å². The third-order valence-electron chi connectivity index (χ3n) is 3.01. The molecule has 2 nitrogen and oxygen atoms in total. The number of benzene rings is 1. The Kier molecular flexibility index (Phi) is 3.49. The molecule has 0 saturated carbocycles. The van der Waals surface area contributed by atoms with Gasteiger partial charge in [0.25, 0.3) is 0 Å². The summed E-state index contributed by atoms with van der Waals surface area (Å²) in [5, 5.41) is 3.18. The Hall–Kier alpha value is -0.730. The van der Waals surface area contributed by atoms with E-state index < -0.39 is 0 Å². The molecule has 0 radical (unpaired) electrons. The topological polar surface area (TPSA) is 25.8 Å². The molecule has 0 amide bonds. The van der Waals surface area contributed by atoms with Crippen molar-refractivity contribution in [2.24, 2.45) is 0 Å². The summed E-state index contributed by atoms with van der Waals surface area (Å²) in [6.45, 7) is 1.21. The Labute approximate surface area is 95.6 Å². The first-order valence-corrected chi connectivity index (χ1v) is 5.86. The normalized spacial score (nSPS) is 21.3. The van der Waals surface area contributed by atoms with Crippen molar-refractivity contribution in [3.8, 4) is 5.75 Å². The molecule has 1 heterocycles. The highest BCUT2D eigenvalue weighted by atomic mass is 35.5. The molecular formula is C12H17ClNO+. The molecule has 1 aromatic carbocycles. The van der Waals surface area contributed by atoms with E-state index in [0.29, 0.717) is 6.04 Å². The van der Waals surface area contributed by atoms with E-state index in [1.54, 1.807) is 7.11 Å². The maximum absolute atomic E-state index is 6.02. The van der Waals surface area contributed by atoms with Gasteiger partial charge in [-0.15, -0.1) is 0 Å². The van der Waals surface area contributed by atoms with Crippen LogP contribution in [0.4, 0.5) is 0 Å². The maximum atomic E-state index is 6.02. The van der Waals surface area contributed by atoms with E-state index >= 15 is 0 Å². The molecule has 1 atom stereocenters. The number of halogens is 1. The zero-order valence-corrected chi connectivity index (χ0v) is 9.76. The van der Waals surface area contributed by atoms with Crippen LogP contribution in [0.15, 0.2) is 18.2 Å². The largest absolute Gasteiger partial charge is 0.496 e. The van der Waals surface area contributed by atoms with Gasteiger partial charge in [0.1, 0.15) is 11.8 Å². The zero-order chi connectivity index (χ0) is 10.7. The number of quaternary nitrogens is 1. The van der Waals surface area contributed by atoms with Crippen molar-refractivity contribution in [3.63, 3.8) is 0 Å². The van der Waals surface area contributed by atoms with Crippen LogP contribution in [0.1, 0.15) is 30.9 Å². The zero-order valence-electron chi connectivity index (χ0n) is 9.00. The number of rotatable bonds is 2. The van der Waals surface area contributed by atoms with Gasteiger partial charge >= 0.3 is 0 Å². The number of hydrogen-bond donors (Lipinski definition) is 1. The summed E-state index contributed by atoms with van der Waals surface area (Å²) in [6.07, 6.45) is 3.84. The lowest BCUT2D eigenvalue weighted by molar-refractivity contribution is -0.704. The quantitative estimate of drug-likeness (QED) is 0.822. The van der Waals surface area contributed by atoms with E-state index in [1.807, 2.05) is 18.2 Å². The molecule has 1 saturated heterocycles. The molecule has 2 rings (SSSR count). The van der Waals surface area contributed by atoms with Gasteiger partial charge in [0, 0.05) is 11.4 Å². The molecule has 1 aliphatic rings. The Morgan fingerprint density at radius 1 is 1.40 bits per heavy atom. The molecule has 2 N–H and O–H groups in total. The van der Waals surface area contributed by atoms with Gasteiger partial charge in [-0.05, 0) is 31.0 Å². The van der Waals surface area contributed by atoms with Crippen LogP contribution in [0, 0.1) is 0 Å². The molecule has 82 valence electrons. The predicted molar refractivity (Wildman–Crippen MR) is 61.4 cm³/mol. The van der Waals surface area contributed by atoms with Crippen LogP contribution in [0.3, 0.4) is 0 Å². The number of methoxy groups -OCH3 is 1. The van der Waals surface area contributed by atoms with E-state index in [0.717, 1.165) is 10.8 Å². The van der Waals surface area contributed by atoms with Gasteiger partial charge in [0.15, 0.2) is 0 Å². The van der Waals surface area contributed by atoms with Crippen molar-refractivity contribution in [2.75, 3.05) is 13.7 Å². The second-order valence-electron chi connectivity index (χ2n) is 4.01. The van der Waals surface area contributed by atoms with Crippen LogP contribution >= 0.6 is 11.6 Å². The van der Waals surface area contributed by atoms with Gasteiger partial charge < -0.3 is 10.1 Å². The Bertz CT molecular complexity index is 334. The van der Waals surface area contributed by atoms with Crippen molar-refractivity contribution >= 4 is 11.6 Å². The lowest BCUT2D eigenvalue weighted by Gasteiger charge is -2.22. The van der Waals surface area contributed by atoms with Crippen molar-refractivity contribution in [1.29, 1.82) is 0 Å². The summed E-state index contributed by atoms with van der Waals surface area (Å²) in [6, 6.07) is 6.40. The first-order chi connectivity index (χ1) is 7.31. The molecule has 0 unspecified atom stereocenters. The van der Waals surface area contributed by atoms with Crippen LogP contribution in [0.25, 0.3) is 0 Å². The van der Waals surface area contributed by atoms with Gasteiger partial charge in [-0.1, -0.05) is 11.6 Å². The first-order valence-electron chi connectivity index (χ1n) is 5.48. The second-order valence-corrected chi connectivity index (χ2v) is 4.45. The molecule has 1 aromatic rings. The molecule has 0 spiro atoms. The third-order valence-corrected chi connectivity index (χ3v) is 3.25. The van der Waals surface area contributed by atoms with Gasteiger partial charge in [-0.3, -0.25) is 0 Å². The summed E-state index contributed by atoms with van der Waals surface area (Å²) in [7, 11) is 1.72. The predicted octanol–water partition coefficient (Wildman–Crippen LogP) is 2.14. The van der Waals surface area contributed by atoms with Crippen molar-refractivity contribution in [1.82, 2.24) is 0 Å². The van der Waals surface area contributed by atoms with Crippen molar-refractivity contribution in [3.05, 3.63) is 28.8 Å². The van der Waals surface area contributed by atoms with Crippen LogP contribution in [-0.2, 0) is 0 Å². The lowest BCUT2D eigenvalue weighted by Crippen LogP contribution is -2.86. The van der Waals surface area contributed by atoms with Gasteiger partial charge in [-0.2, -0.15) is 0 Å². The minimum absolute atomic E-state index is 0.521. The highest BCUT2D eigenvalue weighted by molar-refractivity contribution is 6.30. The number of nitrogens with two attached hydrogens (primary N) is 1. The fourth-order valence-electron chi connectivity index (χ4n) is 2.22. The molecule has 3 heteroatoms. The van der Waals surface area contributed by atoms with E-state index in [2.05, 4.69) is 5.32 Å². The molecule has 1 fully saturated rings. The highest BCUT2D eigenvalue weighted by Crippen LogP contribution is 2.29. The maximum Gasteiger partial charge on any atom is 0.128 e. The van der Waals surface area contributed by atoms with E-state index in [1.165, 1.54) is 31.4 Å². The standard InChI is InChI=1S/C12H16ClNO/c1-15-12-6-5-9(13)8-10(12)11-4-2-3-7-14-11/h5-6,8,11,14H,2-4,7H2,1H3/p+1/t11-/m0/s1. The second kappa shape index (κ2) is 4.86. The molecule has 0 aliphatic carbocycles. The molecule has 0 aromatic heterocycles. The van der Waals surface area contributed by atoms with Crippen LogP contribution in [0.5, 0.6) is 5.75 Å². The number of hydrogen-bond acceptors (Lipinski definition) is 1. The summed E-state index contributed by atoms with van der Waals surface area (Å²) in [5.41, 5.74) is 1.24. The minimum atomic E-state index is 0.521. The summed E-state index contributed by atoms with van der Waals surface area (Å²) < 4.78 is 5.37. The first kappa shape index (κ1) is 10.8.